The highest BCUT2D eigenvalue weighted by Crippen LogP contribution is 2.19. The van der Waals surface area contributed by atoms with Crippen LogP contribution in [0.15, 0.2) is 34.9 Å². The average molecular weight is 214 g/mol. The summed E-state index contributed by atoms with van der Waals surface area (Å²) in [7, 11) is 0. The average Bonchev–Trinajstić information content (AvgIpc) is 2.78. The summed E-state index contributed by atoms with van der Waals surface area (Å²) in [5.41, 5.74) is 1.53. The van der Waals surface area contributed by atoms with Crippen LogP contribution in [0.3, 0.4) is 0 Å². The molecule has 0 saturated carbocycles. The number of hydrogen-bond donors (Lipinski definition) is 1. The first-order chi connectivity index (χ1) is 7.70. The van der Waals surface area contributed by atoms with Gasteiger partial charge in [0.05, 0.1) is 11.6 Å². The lowest BCUT2D eigenvalue weighted by Gasteiger charge is -1.94. The van der Waals surface area contributed by atoms with Crippen molar-refractivity contribution in [1.29, 1.82) is 5.26 Å². The predicted octanol–water partition coefficient (Wildman–Crippen LogP) is 1.91. The van der Waals surface area contributed by atoms with Crippen LogP contribution in [0.2, 0.25) is 0 Å². The zero-order valence-electron chi connectivity index (χ0n) is 8.04. The minimum atomic E-state index is -1.17. The summed E-state index contributed by atoms with van der Waals surface area (Å²) < 4.78 is 4.62. The van der Waals surface area contributed by atoms with Crippen LogP contribution in [0, 0.1) is 11.3 Å². The molecule has 16 heavy (non-hydrogen) atoms. The Hall–Kier alpha value is -2.61. The molecule has 0 aliphatic heterocycles. The molecule has 1 aromatic heterocycles. The standard InChI is InChI=1S/C11H6N2O3/c12-6-7-2-1-3-8(4-7)9-5-10(11(14)15)16-13-9/h1-5H,(H,14,15). The number of carboxylic acid groups (broad SMARTS) is 1. The summed E-state index contributed by atoms with van der Waals surface area (Å²) in [5, 5.41) is 21.0. The molecule has 0 radical (unpaired) electrons. The number of nitriles is 1. The predicted molar refractivity (Wildman–Crippen MR) is 53.6 cm³/mol. The van der Waals surface area contributed by atoms with Gasteiger partial charge in [-0.1, -0.05) is 17.3 Å². The van der Waals surface area contributed by atoms with E-state index in [4.69, 9.17) is 10.4 Å². The Morgan fingerprint density at radius 1 is 1.44 bits per heavy atom. The van der Waals surface area contributed by atoms with Crippen molar-refractivity contribution in [2.75, 3.05) is 0 Å². The first kappa shape index (κ1) is 9.93. The summed E-state index contributed by atoms with van der Waals surface area (Å²) in [5.74, 6) is -1.40. The maximum absolute atomic E-state index is 10.6. The summed E-state index contributed by atoms with van der Waals surface area (Å²) in [4.78, 5) is 10.6. The quantitative estimate of drug-likeness (QED) is 0.824. The van der Waals surface area contributed by atoms with Gasteiger partial charge in [-0.15, -0.1) is 0 Å². The zero-order chi connectivity index (χ0) is 11.5. The molecule has 2 rings (SSSR count). The van der Waals surface area contributed by atoms with Crippen LogP contribution in [-0.4, -0.2) is 16.2 Å². The second-order valence-electron chi connectivity index (χ2n) is 3.07. The van der Waals surface area contributed by atoms with Gasteiger partial charge in [-0.2, -0.15) is 5.26 Å². The van der Waals surface area contributed by atoms with Crippen molar-refractivity contribution >= 4 is 5.97 Å². The van der Waals surface area contributed by atoms with Crippen LogP contribution < -0.4 is 0 Å². The third kappa shape index (κ3) is 1.77. The van der Waals surface area contributed by atoms with E-state index in [1.807, 2.05) is 6.07 Å². The van der Waals surface area contributed by atoms with E-state index in [-0.39, 0.29) is 5.76 Å². The third-order valence-corrected chi connectivity index (χ3v) is 2.01. The van der Waals surface area contributed by atoms with Crippen LogP contribution in [0.25, 0.3) is 11.3 Å². The van der Waals surface area contributed by atoms with Gasteiger partial charge in [-0.05, 0) is 12.1 Å². The summed E-state index contributed by atoms with van der Waals surface area (Å²) >= 11 is 0. The Morgan fingerprint density at radius 3 is 2.88 bits per heavy atom. The highest BCUT2D eigenvalue weighted by atomic mass is 16.5. The molecule has 0 unspecified atom stereocenters. The molecule has 5 nitrogen and oxygen atoms in total. The first-order valence-corrected chi connectivity index (χ1v) is 4.41. The summed E-state index contributed by atoms with van der Waals surface area (Å²) in [6.45, 7) is 0. The van der Waals surface area contributed by atoms with Crippen LogP contribution in [0.5, 0.6) is 0 Å². The SMILES string of the molecule is N#Cc1cccc(-c2cc(C(=O)O)on2)c1. The molecule has 0 aliphatic rings. The Balaban J connectivity index is 2.43. The summed E-state index contributed by atoms with van der Waals surface area (Å²) in [6.07, 6.45) is 0. The first-order valence-electron chi connectivity index (χ1n) is 4.41. The Kier molecular flexibility index (Phi) is 2.40. The molecule has 0 amide bonds. The number of hydrogen-bond acceptors (Lipinski definition) is 4. The molecule has 1 aromatic carbocycles. The Bertz CT molecular complexity index is 581. The van der Waals surface area contributed by atoms with E-state index in [1.54, 1.807) is 24.3 Å². The highest BCUT2D eigenvalue weighted by molar-refractivity contribution is 5.85. The van der Waals surface area contributed by atoms with E-state index in [0.29, 0.717) is 16.8 Å². The van der Waals surface area contributed by atoms with Crippen LogP contribution in [0.4, 0.5) is 0 Å². The number of rotatable bonds is 2. The minimum Gasteiger partial charge on any atom is -0.475 e. The van der Waals surface area contributed by atoms with Crippen molar-refractivity contribution in [3.63, 3.8) is 0 Å². The lowest BCUT2D eigenvalue weighted by molar-refractivity contribution is 0.0652. The number of benzene rings is 1. The van der Waals surface area contributed by atoms with Crippen molar-refractivity contribution < 1.29 is 14.4 Å². The van der Waals surface area contributed by atoms with Gasteiger partial charge in [0.2, 0.25) is 5.76 Å². The monoisotopic (exact) mass is 214 g/mol. The molecule has 0 bridgehead atoms. The normalized spacial score (nSPS) is 9.69. The second kappa shape index (κ2) is 3.87. The minimum absolute atomic E-state index is 0.225. The third-order valence-electron chi connectivity index (χ3n) is 2.01. The van der Waals surface area contributed by atoms with E-state index >= 15 is 0 Å². The van der Waals surface area contributed by atoms with E-state index in [2.05, 4.69) is 9.68 Å². The maximum Gasteiger partial charge on any atom is 0.374 e. The van der Waals surface area contributed by atoms with Crippen LogP contribution in [0.1, 0.15) is 16.1 Å². The number of carboxylic acids is 1. The van der Waals surface area contributed by atoms with Crippen molar-refractivity contribution in [2.45, 2.75) is 0 Å². The molecule has 0 saturated heterocycles. The van der Waals surface area contributed by atoms with E-state index < -0.39 is 5.97 Å². The van der Waals surface area contributed by atoms with Gasteiger partial charge in [-0.3, -0.25) is 0 Å². The molecule has 0 aliphatic carbocycles. The zero-order valence-corrected chi connectivity index (χ0v) is 8.04. The van der Waals surface area contributed by atoms with Gasteiger partial charge in [0, 0.05) is 11.6 Å². The smallest absolute Gasteiger partial charge is 0.374 e. The van der Waals surface area contributed by atoms with Gasteiger partial charge < -0.3 is 9.63 Å². The van der Waals surface area contributed by atoms with Crippen molar-refractivity contribution in [1.82, 2.24) is 5.16 Å². The molecular formula is C11H6N2O3. The van der Waals surface area contributed by atoms with E-state index in [0.717, 1.165) is 0 Å². The molecule has 5 heteroatoms. The number of nitrogens with zero attached hydrogens (tertiary/aromatic N) is 2. The number of aromatic nitrogens is 1. The molecular weight excluding hydrogens is 208 g/mol. The van der Waals surface area contributed by atoms with Gasteiger partial charge >= 0.3 is 5.97 Å². The van der Waals surface area contributed by atoms with Crippen molar-refractivity contribution in [3.05, 3.63) is 41.7 Å². The Labute approximate surface area is 90.5 Å². The molecule has 1 heterocycles. The largest absolute Gasteiger partial charge is 0.475 e. The van der Waals surface area contributed by atoms with Crippen LogP contribution >= 0.6 is 0 Å². The summed E-state index contributed by atoms with van der Waals surface area (Å²) in [6, 6.07) is 10.0. The molecule has 0 fully saturated rings. The van der Waals surface area contributed by atoms with Crippen molar-refractivity contribution in [2.24, 2.45) is 0 Å². The molecule has 0 atom stereocenters. The van der Waals surface area contributed by atoms with Gasteiger partial charge in [0.25, 0.3) is 0 Å². The van der Waals surface area contributed by atoms with Gasteiger partial charge in [0.15, 0.2) is 0 Å². The number of carbonyl (C=O) groups is 1. The number of aromatic carboxylic acids is 1. The van der Waals surface area contributed by atoms with Crippen molar-refractivity contribution in [3.8, 4) is 17.3 Å². The van der Waals surface area contributed by atoms with E-state index in [9.17, 15) is 4.79 Å². The van der Waals surface area contributed by atoms with Gasteiger partial charge in [0.1, 0.15) is 5.69 Å². The molecule has 0 spiro atoms. The molecule has 1 N–H and O–H groups in total. The Morgan fingerprint density at radius 2 is 2.25 bits per heavy atom. The fourth-order valence-electron chi connectivity index (χ4n) is 1.26. The lowest BCUT2D eigenvalue weighted by Crippen LogP contribution is -1.91. The van der Waals surface area contributed by atoms with E-state index in [1.165, 1.54) is 6.07 Å². The van der Waals surface area contributed by atoms with Gasteiger partial charge in [-0.25, -0.2) is 4.79 Å². The maximum atomic E-state index is 10.6. The lowest BCUT2D eigenvalue weighted by atomic mass is 10.1. The topological polar surface area (TPSA) is 87.1 Å². The second-order valence-corrected chi connectivity index (χ2v) is 3.07. The molecule has 2 aromatic rings. The van der Waals surface area contributed by atoms with Crippen LogP contribution in [-0.2, 0) is 0 Å². The fraction of sp³-hybridized carbons (Fsp3) is 0. The molecule has 78 valence electrons. The fourth-order valence-corrected chi connectivity index (χ4v) is 1.26. The highest BCUT2D eigenvalue weighted by Gasteiger charge is 2.12.